The summed E-state index contributed by atoms with van der Waals surface area (Å²) in [6, 6.07) is 9.34. The molecule has 6 heteroatoms. The summed E-state index contributed by atoms with van der Waals surface area (Å²) in [4.78, 5) is 14.7. The number of carbonyl (C=O) groups excluding carboxylic acids is 1. The first-order chi connectivity index (χ1) is 13.6. The lowest BCUT2D eigenvalue weighted by Gasteiger charge is -2.32. The van der Waals surface area contributed by atoms with Crippen molar-refractivity contribution in [3.63, 3.8) is 0 Å². The lowest BCUT2D eigenvalue weighted by atomic mass is 9.99. The first-order valence-electron chi connectivity index (χ1n) is 9.83. The summed E-state index contributed by atoms with van der Waals surface area (Å²) >= 11 is 0. The Labute approximate surface area is 163 Å². The van der Waals surface area contributed by atoms with Crippen molar-refractivity contribution >= 4 is 5.91 Å². The van der Waals surface area contributed by atoms with Crippen molar-refractivity contribution < 1.29 is 18.3 Å². The van der Waals surface area contributed by atoms with E-state index in [0.717, 1.165) is 37.6 Å². The highest BCUT2D eigenvalue weighted by atomic mass is 19.1. The third-order valence-electron chi connectivity index (χ3n) is 5.51. The van der Waals surface area contributed by atoms with Gasteiger partial charge >= 0.3 is 0 Å². The number of benzene rings is 2. The van der Waals surface area contributed by atoms with Gasteiger partial charge < -0.3 is 15.0 Å². The third-order valence-corrected chi connectivity index (χ3v) is 5.51. The van der Waals surface area contributed by atoms with E-state index in [1.165, 1.54) is 23.3 Å². The minimum absolute atomic E-state index is 0.0337. The van der Waals surface area contributed by atoms with Crippen molar-refractivity contribution in [2.75, 3.05) is 26.2 Å². The number of likely N-dealkylation sites (tertiary alicyclic amines) is 1. The quantitative estimate of drug-likeness (QED) is 0.880. The molecule has 28 heavy (non-hydrogen) atoms. The molecule has 0 bridgehead atoms. The van der Waals surface area contributed by atoms with Gasteiger partial charge in [-0.15, -0.1) is 0 Å². The van der Waals surface area contributed by atoms with Crippen LogP contribution in [0.1, 0.15) is 34.3 Å². The molecule has 0 radical (unpaired) electrons. The van der Waals surface area contributed by atoms with Crippen molar-refractivity contribution in [3.8, 4) is 5.75 Å². The Hall–Kier alpha value is -2.47. The Morgan fingerprint density at radius 1 is 1.00 bits per heavy atom. The van der Waals surface area contributed by atoms with Crippen LogP contribution in [0.5, 0.6) is 5.75 Å². The molecule has 1 N–H and O–H groups in total. The van der Waals surface area contributed by atoms with Gasteiger partial charge in [0.25, 0.3) is 5.91 Å². The molecular formula is C22H24F2N2O2. The van der Waals surface area contributed by atoms with Crippen LogP contribution < -0.4 is 10.1 Å². The number of nitrogens with zero attached hydrogens (tertiary/aromatic N) is 1. The van der Waals surface area contributed by atoms with E-state index in [4.69, 9.17) is 4.74 Å². The third kappa shape index (κ3) is 4.17. The van der Waals surface area contributed by atoms with Gasteiger partial charge in [-0.3, -0.25) is 4.79 Å². The minimum Gasteiger partial charge on any atom is -0.487 e. The number of rotatable bonds is 3. The molecular weight excluding hydrogens is 362 g/mol. The van der Waals surface area contributed by atoms with Crippen LogP contribution in [0.15, 0.2) is 36.4 Å². The molecule has 4 nitrogen and oxygen atoms in total. The molecule has 0 aromatic heterocycles. The summed E-state index contributed by atoms with van der Waals surface area (Å²) in [6.45, 7) is 3.03. The number of piperidine rings is 1. The first-order valence-corrected chi connectivity index (χ1v) is 9.83. The molecule has 0 saturated carbocycles. The molecule has 0 spiro atoms. The van der Waals surface area contributed by atoms with Gasteiger partial charge in [0.05, 0.1) is 0 Å². The van der Waals surface area contributed by atoms with E-state index >= 15 is 0 Å². The van der Waals surface area contributed by atoms with Crippen molar-refractivity contribution in [2.24, 2.45) is 0 Å². The molecule has 0 aliphatic carbocycles. The zero-order valence-corrected chi connectivity index (χ0v) is 15.7. The van der Waals surface area contributed by atoms with Gasteiger partial charge in [-0.1, -0.05) is 6.07 Å². The maximum absolute atomic E-state index is 13.8. The van der Waals surface area contributed by atoms with Gasteiger partial charge in [0.1, 0.15) is 11.9 Å². The molecule has 2 aliphatic rings. The zero-order chi connectivity index (χ0) is 19.5. The van der Waals surface area contributed by atoms with Gasteiger partial charge in [0.15, 0.2) is 11.6 Å². The molecule has 1 fully saturated rings. The van der Waals surface area contributed by atoms with Crippen LogP contribution in [0.3, 0.4) is 0 Å². The number of halogens is 2. The average molecular weight is 386 g/mol. The van der Waals surface area contributed by atoms with Crippen LogP contribution in [0.4, 0.5) is 8.78 Å². The highest BCUT2D eigenvalue weighted by Crippen LogP contribution is 2.24. The normalized spacial score (nSPS) is 17.7. The number of fused-ring (bicyclic) bond motifs is 1. The Morgan fingerprint density at radius 2 is 1.75 bits per heavy atom. The van der Waals surface area contributed by atoms with Gasteiger partial charge in [-0.2, -0.15) is 0 Å². The number of amides is 1. The summed E-state index contributed by atoms with van der Waals surface area (Å²) in [5.41, 5.74) is 3.29. The van der Waals surface area contributed by atoms with Gasteiger partial charge in [-0.05, 0) is 61.3 Å². The minimum atomic E-state index is -0.696. The maximum atomic E-state index is 13.8. The van der Waals surface area contributed by atoms with Crippen molar-refractivity contribution in [1.29, 1.82) is 0 Å². The van der Waals surface area contributed by atoms with Gasteiger partial charge in [0, 0.05) is 37.6 Å². The fraction of sp³-hybridized carbons (Fsp3) is 0.409. The second kappa shape index (κ2) is 8.27. The van der Waals surface area contributed by atoms with E-state index in [9.17, 15) is 13.6 Å². The monoisotopic (exact) mass is 386 g/mol. The predicted octanol–water partition coefficient (Wildman–Crippen LogP) is 3.34. The van der Waals surface area contributed by atoms with E-state index < -0.39 is 11.6 Å². The number of carbonyl (C=O) groups is 1. The molecule has 2 aromatic carbocycles. The maximum Gasteiger partial charge on any atom is 0.253 e. The van der Waals surface area contributed by atoms with Gasteiger partial charge in [-0.25, -0.2) is 8.78 Å². The second-order valence-corrected chi connectivity index (χ2v) is 7.42. The van der Waals surface area contributed by atoms with Crippen LogP contribution >= 0.6 is 0 Å². The summed E-state index contributed by atoms with van der Waals surface area (Å²) < 4.78 is 32.5. The smallest absolute Gasteiger partial charge is 0.253 e. The largest absolute Gasteiger partial charge is 0.487 e. The predicted molar refractivity (Wildman–Crippen MR) is 103 cm³/mol. The molecule has 4 rings (SSSR count). The Morgan fingerprint density at radius 3 is 2.50 bits per heavy atom. The molecule has 1 amide bonds. The zero-order valence-electron chi connectivity index (χ0n) is 15.7. The van der Waals surface area contributed by atoms with Crippen LogP contribution in [0.25, 0.3) is 0 Å². The summed E-state index contributed by atoms with van der Waals surface area (Å²) in [7, 11) is 0. The van der Waals surface area contributed by atoms with E-state index in [0.29, 0.717) is 25.9 Å². The topological polar surface area (TPSA) is 41.6 Å². The lowest BCUT2D eigenvalue weighted by molar-refractivity contribution is 0.0588. The van der Waals surface area contributed by atoms with E-state index in [1.54, 1.807) is 0 Å². The number of hydrogen-bond acceptors (Lipinski definition) is 3. The standard InChI is InChI=1S/C22H24F2N2O2/c23-18-3-4-21(20(24)14-18)28-19-7-11-26(12-8-19)22(27)17-2-1-15-5-9-25-10-6-16(15)13-17/h1-4,13-14,19,25H,5-12H2. The molecule has 2 aliphatic heterocycles. The van der Waals surface area contributed by atoms with E-state index in [1.807, 2.05) is 17.0 Å². The van der Waals surface area contributed by atoms with Crippen LogP contribution in [-0.2, 0) is 12.8 Å². The lowest BCUT2D eigenvalue weighted by Crippen LogP contribution is -2.41. The Kier molecular flexibility index (Phi) is 5.57. The molecule has 0 unspecified atom stereocenters. The molecule has 0 atom stereocenters. The number of hydrogen-bond donors (Lipinski definition) is 1. The van der Waals surface area contributed by atoms with Crippen molar-refractivity contribution in [1.82, 2.24) is 10.2 Å². The molecule has 1 saturated heterocycles. The van der Waals surface area contributed by atoms with Crippen molar-refractivity contribution in [3.05, 3.63) is 64.7 Å². The number of nitrogens with one attached hydrogen (secondary N) is 1. The fourth-order valence-electron chi connectivity index (χ4n) is 3.92. The van der Waals surface area contributed by atoms with Crippen LogP contribution in [0.2, 0.25) is 0 Å². The van der Waals surface area contributed by atoms with Crippen LogP contribution in [0, 0.1) is 11.6 Å². The molecule has 2 aromatic rings. The summed E-state index contributed by atoms with van der Waals surface area (Å²) in [6.07, 6.45) is 3.00. The molecule has 148 valence electrons. The van der Waals surface area contributed by atoms with E-state index in [-0.39, 0.29) is 17.8 Å². The molecule has 2 heterocycles. The average Bonchev–Trinajstić information content (AvgIpc) is 2.95. The highest BCUT2D eigenvalue weighted by Gasteiger charge is 2.26. The Bertz CT molecular complexity index is 864. The van der Waals surface area contributed by atoms with Crippen molar-refractivity contribution in [2.45, 2.75) is 31.8 Å². The van der Waals surface area contributed by atoms with Crippen LogP contribution in [-0.4, -0.2) is 43.1 Å². The number of ether oxygens (including phenoxy) is 1. The second-order valence-electron chi connectivity index (χ2n) is 7.42. The van der Waals surface area contributed by atoms with E-state index in [2.05, 4.69) is 11.4 Å². The summed E-state index contributed by atoms with van der Waals surface area (Å²) in [5.74, 6) is -1.23. The highest BCUT2D eigenvalue weighted by molar-refractivity contribution is 5.94. The summed E-state index contributed by atoms with van der Waals surface area (Å²) in [5, 5.41) is 3.38. The Balaban J connectivity index is 1.37. The SMILES string of the molecule is O=C(c1ccc2c(c1)CCNCC2)N1CCC(Oc2ccc(F)cc2F)CC1. The first kappa shape index (κ1) is 18.9. The fourth-order valence-corrected chi connectivity index (χ4v) is 3.92. The van der Waals surface area contributed by atoms with Gasteiger partial charge in [0.2, 0.25) is 0 Å².